The number of amides is 3. The lowest BCUT2D eigenvalue weighted by Gasteiger charge is -2.20. The topological polar surface area (TPSA) is 122 Å². The highest BCUT2D eigenvalue weighted by atomic mass is 19.1. The van der Waals surface area contributed by atoms with Crippen LogP contribution in [0.15, 0.2) is 75.3 Å². The van der Waals surface area contributed by atoms with E-state index < -0.39 is 23.8 Å². The van der Waals surface area contributed by atoms with Crippen LogP contribution in [-0.4, -0.2) is 46.0 Å². The Hall–Kier alpha value is -4.93. The average molecular weight is 528 g/mol. The second kappa shape index (κ2) is 10.1. The van der Waals surface area contributed by atoms with Crippen molar-refractivity contribution in [2.75, 3.05) is 10.6 Å². The fourth-order valence-electron chi connectivity index (χ4n) is 3.94. The average Bonchev–Trinajstić information content (AvgIpc) is 3.30. The van der Waals surface area contributed by atoms with Crippen molar-refractivity contribution in [3.63, 3.8) is 0 Å². The Morgan fingerprint density at radius 1 is 1.10 bits per heavy atom. The maximum absolute atomic E-state index is 15.0. The first kappa shape index (κ1) is 25.7. The predicted octanol–water partition coefficient (Wildman–Crippen LogP) is 4.99. The molecule has 1 atom stereocenters. The molecule has 11 heteroatoms. The first-order valence-electron chi connectivity index (χ1n) is 12.2. The van der Waals surface area contributed by atoms with Crippen LogP contribution < -0.4 is 15.4 Å². The van der Waals surface area contributed by atoms with Crippen molar-refractivity contribution in [1.29, 1.82) is 0 Å². The van der Waals surface area contributed by atoms with E-state index in [2.05, 4.69) is 25.6 Å². The second-order valence-electron chi connectivity index (χ2n) is 10.1. The summed E-state index contributed by atoms with van der Waals surface area (Å²) in [6.07, 6.45) is 4.09. The van der Waals surface area contributed by atoms with Gasteiger partial charge in [-0.05, 0) is 42.8 Å². The van der Waals surface area contributed by atoms with Gasteiger partial charge in [0.25, 0.3) is 5.91 Å². The maximum atomic E-state index is 15.0. The fraction of sp³-hybridized carbons (Fsp3) is 0.214. The number of rotatable bonds is 5. The number of halogens is 1. The van der Waals surface area contributed by atoms with Crippen LogP contribution in [0.2, 0.25) is 0 Å². The van der Waals surface area contributed by atoms with Crippen LogP contribution in [0, 0.1) is 12.7 Å². The summed E-state index contributed by atoms with van der Waals surface area (Å²) in [4.78, 5) is 36.3. The number of benzene rings is 2. The minimum Gasteiger partial charge on any atom is -0.459 e. The maximum Gasteiger partial charge on any atom is 0.324 e. The van der Waals surface area contributed by atoms with Gasteiger partial charge < -0.3 is 10.1 Å². The van der Waals surface area contributed by atoms with E-state index >= 15 is 0 Å². The Kier molecular flexibility index (Phi) is 6.65. The van der Waals surface area contributed by atoms with Crippen molar-refractivity contribution in [2.45, 2.75) is 39.2 Å². The van der Waals surface area contributed by atoms with E-state index in [9.17, 15) is 14.0 Å². The first-order valence-corrected chi connectivity index (χ1v) is 12.2. The molecule has 0 bridgehead atoms. The van der Waals surface area contributed by atoms with Gasteiger partial charge in [-0.2, -0.15) is 10.1 Å². The Balaban J connectivity index is 1.31. The number of urea groups is 1. The van der Waals surface area contributed by atoms with E-state index in [1.807, 2.05) is 52.0 Å². The summed E-state index contributed by atoms with van der Waals surface area (Å²) in [6, 6.07) is 12.3. The third kappa shape index (κ3) is 5.66. The number of aliphatic imine (C=N–C) groups is 3. The summed E-state index contributed by atoms with van der Waals surface area (Å²) in [5, 5.41) is 10.0. The van der Waals surface area contributed by atoms with Gasteiger partial charge in [0.1, 0.15) is 23.1 Å². The normalized spacial score (nSPS) is 16.3. The number of nitrogens with zero attached hydrogens (tertiary/aromatic N) is 5. The zero-order valence-corrected chi connectivity index (χ0v) is 21.8. The van der Waals surface area contributed by atoms with E-state index in [0.717, 1.165) is 29.2 Å². The number of amidine groups is 1. The predicted molar refractivity (Wildman–Crippen MR) is 148 cm³/mol. The molecular weight excluding hydrogens is 501 g/mol. The number of carbonyl (C=O) groups excluding carboxylic acids is 2. The smallest absolute Gasteiger partial charge is 0.324 e. The Labute approximate surface area is 224 Å². The molecule has 0 saturated heterocycles. The van der Waals surface area contributed by atoms with Crippen LogP contribution in [0.5, 0.6) is 5.75 Å². The molecule has 2 N–H and O–H groups in total. The zero-order chi connectivity index (χ0) is 27.7. The summed E-state index contributed by atoms with van der Waals surface area (Å²) in [5.74, 6) is -0.0427. The molecule has 3 heterocycles. The number of hydrogen-bond acceptors (Lipinski definition) is 6. The summed E-state index contributed by atoms with van der Waals surface area (Å²) in [6.45, 7) is 8.07. The molecule has 0 fully saturated rings. The van der Waals surface area contributed by atoms with Crippen molar-refractivity contribution in [3.8, 4) is 11.4 Å². The molecule has 0 saturated carbocycles. The molecule has 0 aliphatic carbocycles. The molecule has 3 aromatic rings. The van der Waals surface area contributed by atoms with Gasteiger partial charge in [0.2, 0.25) is 0 Å². The second-order valence-corrected chi connectivity index (χ2v) is 10.1. The lowest BCUT2D eigenvalue weighted by Crippen LogP contribution is -2.30. The van der Waals surface area contributed by atoms with Crippen LogP contribution in [0.1, 0.15) is 32.0 Å². The highest BCUT2D eigenvalue weighted by Crippen LogP contribution is 2.28. The number of dihydropyridines is 1. The quantitative estimate of drug-likeness (QED) is 0.486. The van der Waals surface area contributed by atoms with Gasteiger partial charge in [-0.15, -0.1) is 0 Å². The number of aryl methyl sites for hydroxylation is 1. The third-order valence-corrected chi connectivity index (χ3v) is 5.91. The van der Waals surface area contributed by atoms with E-state index in [1.54, 1.807) is 16.8 Å². The number of hydrogen-bond donors (Lipinski definition) is 2. The van der Waals surface area contributed by atoms with Gasteiger partial charge in [0.05, 0.1) is 23.3 Å². The molecule has 5 rings (SSSR count). The molecule has 2 aliphatic heterocycles. The molecule has 0 radical (unpaired) electrons. The number of ether oxygens (including phenoxy) is 1. The van der Waals surface area contributed by atoms with Crippen molar-refractivity contribution < 1.29 is 18.7 Å². The van der Waals surface area contributed by atoms with E-state index in [1.165, 1.54) is 18.3 Å². The van der Waals surface area contributed by atoms with Crippen molar-refractivity contribution in [1.82, 2.24) is 9.78 Å². The zero-order valence-electron chi connectivity index (χ0n) is 21.8. The minimum atomic E-state index is -0.702. The van der Waals surface area contributed by atoms with Gasteiger partial charge in [-0.1, -0.05) is 32.9 Å². The van der Waals surface area contributed by atoms with Crippen molar-refractivity contribution in [3.05, 3.63) is 77.4 Å². The van der Waals surface area contributed by atoms with E-state index in [-0.39, 0.29) is 22.7 Å². The Morgan fingerprint density at radius 2 is 1.92 bits per heavy atom. The highest BCUT2D eigenvalue weighted by Gasteiger charge is 2.28. The van der Waals surface area contributed by atoms with Crippen LogP contribution in [-0.2, 0) is 10.2 Å². The molecule has 2 aliphatic rings. The molecule has 0 spiro atoms. The summed E-state index contributed by atoms with van der Waals surface area (Å²) >= 11 is 0. The Morgan fingerprint density at radius 3 is 2.67 bits per heavy atom. The SMILES string of the molecule is Cc1cccc(-n2nc(C(C)(C)C)cc2NC(=O)Nc2ccc(OC3=CC=NC4=NC(=O)C=NC34)cc2F)c1. The number of nitrogens with one attached hydrogen (secondary N) is 2. The molecule has 1 unspecified atom stereocenters. The number of aromatic nitrogens is 2. The molecule has 10 nitrogen and oxygen atoms in total. The largest absolute Gasteiger partial charge is 0.459 e. The first-order chi connectivity index (χ1) is 18.6. The highest BCUT2D eigenvalue weighted by molar-refractivity contribution is 6.32. The molecule has 39 heavy (non-hydrogen) atoms. The molecule has 1 aromatic heterocycles. The van der Waals surface area contributed by atoms with E-state index in [4.69, 9.17) is 9.84 Å². The van der Waals surface area contributed by atoms with Crippen molar-refractivity contribution >= 4 is 41.7 Å². The van der Waals surface area contributed by atoms with Crippen LogP contribution in [0.3, 0.4) is 0 Å². The molecule has 2 aromatic carbocycles. The number of fused-ring (bicyclic) bond motifs is 1. The van der Waals surface area contributed by atoms with Gasteiger partial charge in [0.15, 0.2) is 11.9 Å². The third-order valence-electron chi connectivity index (χ3n) is 5.91. The lowest BCUT2D eigenvalue weighted by atomic mass is 9.92. The summed E-state index contributed by atoms with van der Waals surface area (Å²) in [5.41, 5.74) is 2.32. The molecular formula is C28H26FN7O3. The molecule has 198 valence electrons. The van der Waals surface area contributed by atoms with Crippen LogP contribution in [0.4, 0.5) is 20.7 Å². The lowest BCUT2D eigenvalue weighted by molar-refractivity contribution is -0.111. The minimum absolute atomic E-state index is 0.0414. The number of allylic oxidation sites excluding steroid dienone is 1. The van der Waals surface area contributed by atoms with Gasteiger partial charge in [0, 0.05) is 23.8 Å². The summed E-state index contributed by atoms with van der Waals surface area (Å²) < 4.78 is 22.4. The standard InChI is InChI=1S/C28H26FN7O3/c1-16-6-5-7-17(12-16)36-23(14-22(35-36)28(2,3)4)33-27(38)32-20-9-8-18(13-19(20)29)39-21-10-11-30-26-25(21)31-15-24(37)34-26/h5-15,25H,1-4H3,(H2,32,33,38). The number of anilines is 2. The monoisotopic (exact) mass is 527 g/mol. The van der Waals surface area contributed by atoms with Crippen LogP contribution >= 0.6 is 0 Å². The van der Waals surface area contributed by atoms with Crippen molar-refractivity contribution in [2.24, 2.45) is 15.0 Å². The van der Waals surface area contributed by atoms with Gasteiger partial charge >= 0.3 is 6.03 Å². The van der Waals surface area contributed by atoms with Gasteiger partial charge in [-0.25, -0.2) is 18.9 Å². The summed E-state index contributed by atoms with van der Waals surface area (Å²) in [7, 11) is 0. The molecule has 3 amide bonds. The van der Waals surface area contributed by atoms with Gasteiger partial charge in [-0.3, -0.25) is 15.1 Å². The van der Waals surface area contributed by atoms with Crippen LogP contribution in [0.25, 0.3) is 5.69 Å². The van der Waals surface area contributed by atoms with E-state index in [0.29, 0.717) is 11.6 Å². The fourth-order valence-corrected chi connectivity index (χ4v) is 3.94. The number of carbonyl (C=O) groups is 2. The Bertz CT molecular complexity index is 1590.